The van der Waals surface area contributed by atoms with Gasteiger partial charge in [0.15, 0.2) is 12.4 Å². The summed E-state index contributed by atoms with van der Waals surface area (Å²) in [7, 11) is 1.73. The second-order valence-corrected chi connectivity index (χ2v) is 6.61. The third-order valence-corrected chi connectivity index (χ3v) is 4.39. The van der Waals surface area contributed by atoms with Gasteiger partial charge in [0.05, 0.1) is 0 Å². The van der Waals surface area contributed by atoms with E-state index < -0.39 is 0 Å². The van der Waals surface area contributed by atoms with Gasteiger partial charge in [0.25, 0.3) is 5.89 Å². The Labute approximate surface area is 164 Å². The summed E-state index contributed by atoms with van der Waals surface area (Å²) in [5.74, 6) is 1.68. The highest BCUT2D eigenvalue weighted by molar-refractivity contribution is 5.89. The van der Waals surface area contributed by atoms with Crippen molar-refractivity contribution in [1.82, 2.24) is 15.0 Å². The topological polar surface area (TPSA) is 80.5 Å². The van der Waals surface area contributed by atoms with Crippen LogP contribution in [0.25, 0.3) is 0 Å². The number of carbonyl (C=O) groups excluding carboxylic acids is 1. The maximum absolute atomic E-state index is 12.3. The zero-order valence-corrected chi connectivity index (χ0v) is 16.3. The number of anilines is 1. The largest absolute Gasteiger partial charge is 0.484 e. The van der Waals surface area contributed by atoms with Crippen molar-refractivity contribution >= 4 is 11.7 Å². The van der Waals surface area contributed by atoms with Crippen LogP contribution >= 0.6 is 0 Å². The first-order valence-electron chi connectivity index (χ1n) is 9.10. The first kappa shape index (κ1) is 19.4. The molecule has 7 nitrogen and oxygen atoms in total. The maximum Gasteiger partial charge on any atom is 0.321 e. The van der Waals surface area contributed by atoms with E-state index in [9.17, 15) is 4.79 Å². The number of urea groups is 1. The number of carbonyl (C=O) groups is 1. The Kier molecular flexibility index (Phi) is 6.26. The van der Waals surface area contributed by atoms with Crippen molar-refractivity contribution in [2.24, 2.45) is 0 Å². The molecule has 0 aliphatic carbocycles. The average molecular weight is 380 g/mol. The summed E-state index contributed by atoms with van der Waals surface area (Å²) in [5.41, 5.74) is 3.10. The Morgan fingerprint density at radius 1 is 1.14 bits per heavy atom. The fourth-order valence-corrected chi connectivity index (χ4v) is 2.52. The van der Waals surface area contributed by atoms with E-state index in [1.807, 2.05) is 62.4 Å². The zero-order valence-electron chi connectivity index (χ0n) is 16.3. The number of amides is 2. The molecule has 0 bridgehead atoms. The van der Waals surface area contributed by atoms with E-state index in [0.29, 0.717) is 24.7 Å². The monoisotopic (exact) mass is 380 g/mol. The summed E-state index contributed by atoms with van der Waals surface area (Å²) in [5, 5.41) is 6.83. The van der Waals surface area contributed by atoms with E-state index in [2.05, 4.69) is 15.5 Å². The Morgan fingerprint density at radius 2 is 1.93 bits per heavy atom. The number of aryl methyl sites for hydroxylation is 2. The molecule has 7 heteroatoms. The van der Waals surface area contributed by atoms with Gasteiger partial charge in [0.1, 0.15) is 5.75 Å². The van der Waals surface area contributed by atoms with E-state index in [1.54, 1.807) is 11.9 Å². The molecule has 0 aliphatic heterocycles. The third kappa shape index (κ3) is 5.33. The molecule has 28 heavy (non-hydrogen) atoms. The molecular weight excluding hydrogens is 356 g/mol. The summed E-state index contributed by atoms with van der Waals surface area (Å²) in [6.45, 7) is 4.73. The lowest BCUT2D eigenvalue weighted by atomic mass is 10.1. The minimum Gasteiger partial charge on any atom is -0.484 e. The maximum atomic E-state index is 12.3. The van der Waals surface area contributed by atoms with Crippen LogP contribution in [0.4, 0.5) is 10.5 Å². The second kappa shape index (κ2) is 9.03. The number of hydrogen-bond donors (Lipinski definition) is 1. The lowest BCUT2D eigenvalue weighted by Crippen LogP contribution is -2.33. The smallest absolute Gasteiger partial charge is 0.321 e. The van der Waals surface area contributed by atoms with E-state index in [1.165, 1.54) is 5.56 Å². The summed E-state index contributed by atoms with van der Waals surface area (Å²) < 4.78 is 10.8. The first-order chi connectivity index (χ1) is 13.5. The number of benzene rings is 2. The molecule has 1 heterocycles. The quantitative estimate of drug-likeness (QED) is 0.671. The van der Waals surface area contributed by atoms with Crippen molar-refractivity contribution in [1.29, 1.82) is 0 Å². The Balaban J connectivity index is 1.46. The van der Waals surface area contributed by atoms with Gasteiger partial charge in [-0.15, -0.1) is 0 Å². The van der Waals surface area contributed by atoms with Crippen molar-refractivity contribution in [2.45, 2.75) is 26.9 Å². The van der Waals surface area contributed by atoms with E-state index in [4.69, 9.17) is 9.26 Å². The van der Waals surface area contributed by atoms with Crippen molar-refractivity contribution in [3.8, 4) is 5.75 Å². The van der Waals surface area contributed by atoms with Gasteiger partial charge in [-0.25, -0.2) is 4.79 Å². The molecule has 0 saturated heterocycles. The zero-order chi connectivity index (χ0) is 19.9. The van der Waals surface area contributed by atoms with Gasteiger partial charge in [-0.2, -0.15) is 4.98 Å². The highest BCUT2D eigenvalue weighted by Crippen LogP contribution is 2.15. The SMILES string of the molecule is Cc1ccc(NC(=O)N(C)CCc2noc(COc3ccccc3)n2)cc1C. The number of likely N-dealkylation sites (N-methyl/N-ethyl adjacent to an activating group) is 1. The fraction of sp³-hybridized carbons (Fsp3) is 0.286. The number of rotatable bonds is 7. The summed E-state index contributed by atoms with van der Waals surface area (Å²) in [6.07, 6.45) is 0.492. The molecule has 3 rings (SSSR count). The molecule has 146 valence electrons. The minimum absolute atomic E-state index is 0.181. The van der Waals surface area contributed by atoms with Crippen LogP contribution in [0, 0.1) is 13.8 Å². The predicted molar refractivity (Wildman–Crippen MR) is 106 cm³/mol. The lowest BCUT2D eigenvalue weighted by Gasteiger charge is -2.17. The molecule has 0 atom stereocenters. The fourth-order valence-electron chi connectivity index (χ4n) is 2.52. The molecule has 0 fully saturated rings. The third-order valence-electron chi connectivity index (χ3n) is 4.39. The predicted octanol–water partition coefficient (Wildman–Crippen LogP) is 3.97. The molecule has 2 aromatic carbocycles. The van der Waals surface area contributed by atoms with Crippen LogP contribution in [0.3, 0.4) is 0 Å². The van der Waals surface area contributed by atoms with E-state index >= 15 is 0 Å². The molecule has 0 saturated carbocycles. The van der Waals surface area contributed by atoms with Crippen molar-refractivity contribution in [2.75, 3.05) is 18.9 Å². The second-order valence-electron chi connectivity index (χ2n) is 6.61. The highest BCUT2D eigenvalue weighted by atomic mass is 16.5. The van der Waals surface area contributed by atoms with Crippen molar-refractivity contribution < 1.29 is 14.1 Å². The normalized spacial score (nSPS) is 10.5. The van der Waals surface area contributed by atoms with Gasteiger partial charge in [0.2, 0.25) is 0 Å². The number of nitrogens with zero attached hydrogens (tertiary/aromatic N) is 3. The Bertz CT molecular complexity index is 924. The van der Waals surface area contributed by atoms with E-state index in [0.717, 1.165) is 17.0 Å². The van der Waals surface area contributed by atoms with Gasteiger partial charge in [0, 0.05) is 25.7 Å². The van der Waals surface area contributed by atoms with Crippen LogP contribution in [0.5, 0.6) is 5.75 Å². The lowest BCUT2D eigenvalue weighted by molar-refractivity contribution is 0.222. The number of para-hydroxylation sites is 1. The number of hydrogen-bond acceptors (Lipinski definition) is 5. The van der Waals surface area contributed by atoms with Gasteiger partial charge in [-0.3, -0.25) is 0 Å². The van der Waals surface area contributed by atoms with E-state index in [-0.39, 0.29) is 12.6 Å². The Hall–Kier alpha value is -3.35. The molecule has 1 aromatic heterocycles. The molecule has 0 spiro atoms. The first-order valence-corrected chi connectivity index (χ1v) is 9.10. The van der Waals surface area contributed by atoms with Crippen LogP contribution in [0.1, 0.15) is 22.8 Å². The number of nitrogens with one attached hydrogen (secondary N) is 1. The van der Waals surface area contributed by atoms with Crippen molar-refractivity contribution in [3.63, 3.8) is 0 Å². The van der Waals surface area contributed by atoms with Gasteiger partial charge < -0.3 is 19.5 Å². The molecule has 0 aliphatic rings. The summed E-state index contributed by atoms with van der Waals surface area (Å²) in [4.78, 5) is 18.2. The van der Waals surface area contributed by atoms with Gasteiger partial charge in [-0.05, 0) is 49.2 Å². The van der Waals surface area contributed by atoms with Crippen LogP contribution in [-0.4, -0.2) is 34.7 Å². The molecule has 0 unspecified atom stereocenters. The average Bonchev–Trinajstić information content (AvgIpc) is 3.16. The summed E-state index contributed by atoms with van der Waals surface area (Å²) >= 11 is 0. The highest BCUT2D eigenvalue weighted by Gasteiger charge is 2.12. The molecule has 0 radical (unpaired) electrons. The Morgan fingerprint density at radius 3 is 2.68 bits per heavy atom. The molecule has 2 amide bonds. The van der Waals surface area contributed by atoms with Crippen LogP contribution < -0.4 is 10.1 Å². The minimum atomic E-state index is -0.181. The summed E-state index contributed by atoms with van der Waals surface area (Å²) in [6, 6.07) is 15.1. The van der Waals surface area contributed by atoms with Crippen molar-refractivity contribution in [3.05, 3.63) is 71.4 Å². The van der Waals surface area contributed by atoms with Gasteiger partial charge in [-0.1, -0.05) is 29.4 Å². The number of aromatic nitrogens is 2. The van der Waals surface area contributed by atoms with Crippen LogP contribution in [0.2, 0.25) is 0 Å². The van der Waals surface area contributed by atoms with Gasteiger partial charge >= 0.3 is 6.03 Å². The number of ether oxygens (including phenoxy) is 1. The molecule has 3 aromatic rings. The van der Waals surface area contributed by atoms with Crippen LogP contribution in [0.15, 0.2) is 53.1 Å². The molecule has 1 N–H and O–H groups in total. The standard InChI is InChI=1S/C21H24N4O3/c1-15-9-10-17(13-16(15)2)22-21(26)25(3)12-11-19-23-20(28-24-19)14-27-18-7-5-4-6-8-18/h4-10,13H,11-12,14H2,1-3H3,(H,22,26). The molecular formula is C21H24N4O3. The van der Waals surface area contributed by atoms with Crippen LogP contribution in [-0.2, 0) is 13.0 Å².